The van der Waals surface area contributed by atoms with Crippen LogP contribution in [0.3, 0.4) is 0 Å². The van der Waals surface area contributed by atoms with E-state index in [-0.39, 0.29) is 55.0 Å². The van der Waals surface area contributed by atoms with Crippen LogP contribution in [0.15, 0.2) is 85.5 Å². The number of Topliss-reactive ketones (excluding diaryl/α,β-unsaturated/α-hetero) is 2. The molecule has 6 aromatic rings. The Labute approximate surface area is 357 Å². The molecule has 0 spiro atoms. The molecule has 0 bridgehead atoms. The highest BCUT2D eigenvalue weighted by atomic mass is 19.4. The number of fused-ring (bicyclic) bond motifs is 4. The third-order valence-corrected chi connectivity index (χ3v) is 12.1. The van der Waals surface area contributed by atoms with Gasteiger partial charge in [0.05, 0.1) is 41.4 Å². The van der Waals surface area contributed by atoms with Gasteiger partial charge in [0, 0.05) is 85.5 Å². The van der Waals surface area contributed by atoms with Crippen molar-refractivity contribution in [2.75, 3.05) is 24.6 Å². The molecule has 2 amide bonds. The van der Waals surface area contributed by atoms with Gasteiger partial charge >= 0.3 is 6.18 Å². The second kappa shape index (κ2) is 15.7. The van der Waals surface area contributed by atoms with Crippen LogP contribution in [0.25, 0.3) is 32.9 Å². The Morgan fingerprint density at radius 3 is 2.38 bits per heavy atom. The third kappa shape index (κ3) is 7.52. The summed E-state index contributed by atoms with van der Waals surface area (Å²) in [7, 11) is 1.91. The molecule has 1 saturated heterocycles. The van der Waals surface area contributed by atoms with Crippen molar-refractivity contribution < 1.29 is 46.6 Å². The molecule has 16 heteroatoms. The van der Waals surface area contributed by atoms with Gasteiger partial charge in [0.2, 0.25) is 5.88 Å². The molecule has 2 aliphatic carbocycles. The van der Waals surface area contributed by atoms with Crippen molar-refractivity contribution >= 4 is 50.9 Å². The highest BCUT2D eigenvalue weighted by molar-refractivity contribution is 6.24. The number of aryl methyl sites for hydroxylation is 1. The molecule has 0 radical (unpaired) electrons. The van der Waals surface area contributed by atoms with Crippen LogP contribution in [-0.4, -0.2) is 91.8 Å². The summed E-state index contributed by atoms with van der Waals surface area (Å²) in [5, 5.41) is 1.92. The molecular formula is C47H37F3N6O7. The molecule has 4 aromatic heterocycles. The molecule has 13 nitrogen and oxygen atoms in total. The zero-order valence-corrected chi connectivity index (χ0v) is 33.7. The molecule has 318 valence electrons. The Morgan fingerprint density at radius 2 is 1.60 bits per heavy atom. The van der Waals surface area contributed by atoms with Gasteiger partial charge in [-0.15, -0.1) is 0 Å². The average Bonchev–Trinajstić information content (AvgIpc) is 3.67. The van der Waals surface area contributed by atoms with Gasteiger partial charge in [-0.2, -0.15) is 13.2 Å². The number of alkyl halides is 3. The molecule has 6 heterocycles. The predicted molar refractivity (Wildman–Crippen MR) is 222 cm³/mol. The summed E-state index contributed by atoms with van der Waals surface area (Å²) < 4.78 is 62.5. The summed E-state index contributed by atoms with van der Waals surface area (Å²) >= 11 is 0. The highest BCUT2D eigenvalue weighted by Crippen LogP contribution is 2.41. The lowest BCUT2D eigenvalue weighted by atomic mass is 9.92. The quantitative estimate of drug-likeness (QED) is 0.0867. The summed E-state index contributed by atoms with van der Waals surface area (Å²) in [6.45, 7) is 1.28. The molecule has 10 rings (SSSR count). The summed E-state index contributed by atoms with van der Waals surface area (Å²) in [6, 6.07) is 16.1. The fraction of sp³-hybridized carbons (Fsp3) is 0.298. The number of amides is 2. The highest BCUT2D eigenvalue weighted by Gasteiger charge is 2.45. The van der Waals surface area contributed by atoms with Crippen molar-refractivity contribution in [3.8, 4) is 34.6 Å². The first-order valence-corrected chi connectivity index (χ1v) is 20.5. The number of hydrogen-bond donors (Lipinski definition) is 0. The largest absolute Gasteiger partial charge is 0.489 e. The van der Waals surface area contributed by atoms with Crippen molar-refractivity contribution in [1.29, 1.82) is 0 Å². The lowest BCUT2D eigenvalue weighted by Crippen LogP contribution is -2.52. The van der Waals surface area contributed by atoms with Crippen molar-refractivity contribution in [2.45, 2.75) is 62.6 Å². The van der Waals surface area contributed by atoms with Crippen LogP contribution in [0, 0.1) is 11.8 Å². The van der Waals surface area contributed by atoms with Crippen LogP contribution < -0.4 is 14.4 Å². The average molecular weight is 855 g/mol. The van der Waals surface area contributed by atoms with Crippen LogP contribution in [0.4, 0.5) is 18.9 Å². The number of rotatable bonds is 9. The third-order valence-electron chi connectivity index (χ3n) is 12.1. The van der Waals surface area contributed by atoms with E-state index in [1.165, 1.54) is 6.20 Å². The van der Waals surface area contributed by atoms with Crippen LogP contribution in [0.2, 0.25) is 0 Å². The first kappa shape index (κ1) is 40.0. The minimum absolute atomic E-state index is 0.0943. The second-order valence-electron chi connectivity index (χ2n) is 16.2. The van der Waals surface area contributed by atoms with E-state index in [0.29, 0.717) is 48.5 Å². The topological polar surface area (TPSA) is 146 Å². The van der Waals surface area contributed by atoms with Crippen LogP contribution >= 0.6 is 0 Å². The second-order valence-corrected chi connectivity index (χ2v) is 16.2. The number of aromatic nitrogens is 4. The molecule has 2 saturated carbocycles. The fourth-order valence-corrected chi connectivity index (χ4v) is 8.62. The molecule has 2 aliphatic heterocycles. The van der Waals surface area contributed by atoms with E-state index in [4.69, 9.17) is 14.2 Å². The van der Waals surface area contributed by atoms with E-state index in [2.05, 4.69) is 26.8 Å². The smallest absolute Gasteiger partial charge is 0.421 e. The van der Waals surface area contributed by atoms with Gasteiger partial charge in [-0.1, -0.05) is 18.1 Å². The zero-order chi connectivity index (χ0) is 43.6. The van der Waals surface area contributed by atoms with Crippen LogP contribution in [0.1, 0.15) is 64.1 Å². The number of imide groups is 1. The number of anilines is 1. The molecule has 63 heavy (non-hydrogen) atoms. The van der Waals surface area contributed by atoms with Gasteiger partial charge in [0.25, 0.3) is 11.8 Å². The molecule has 2 aromatic carbocycles. The normalized spacial score (nSPS) is 20.1. The SMILES string of the molecule is Cn1c2ccncc2c2ccc(-c3cnc(OC4CC(Oc5ccc(C#CCOC6CN(c7ccc8c(c7)C(=O)N(C7CCC(=O)CC7=O)C8=O)C6)nc5)C4)c(C(F)(F)F)c3)cc21. The number of hydrogen-bond acceptors (Lipinski definition) is 11. The fourth-order valence-electron chi connectivity index (χ4n) is 8.62. The summed E-state index contributed by atoms with van der Waals surface area (Å²) in [5.41, 5.74) is 3.59. The minimum Gasteiger partial charge on any atom is -0.489 e. The molecule has 1 unspecified atom stereocenters. The Balaban J connectivity index is 0.684. The van der Waals surface area contributed by atoms with Crippen molar-refractivity contribution in [1.82, 2.24) is 24.4 Å². The number of halogens is 3. The Kier molecular flexibility index (Phi) is 9.94. The lowest BCUT2D eigenvalue weighted by Gasteiger charge is -2.40. The molecule has 1 atom stereocenters. The number of carbonyl (C=O) groups excluding carboxylic acids is 4. The summed E-state index contributed by atoms with van der Waals surface area (Å²) in [4.78, 5) is 66.1. The first-order chi connectivity index (χ1) is 30.4. The van der Waals surface area contributed by atoms with Crippen molar-refractivity contribution in [3.05, 3.63) is 108 Å². The number of pyridine rings is 3. The molecule has 0 N–H and O–H groups in total. The number of nitrogens with zero attached hydrogens (tertiary/aromatic N) is 6. The van der Waals surface area contributed by atoms with E-state index >= 15 is 0 Å². The predicted octanol–water partition coefficient (Wildman–Crippen LogP) is 6.73. The van der Waals surface area contributed by atoms with Crippen LogP contribution in [-0.2, 0) is 27.5 Å². The van der Waals surface area contributed by atoms with Gasteiger partial charge < -0.3 is 23.7 Å². The van der Waals surface area contributed by atoms with Crippen molar-refractivity contribution in [2.24, 2.45) is 7.05 Å². The van der Waals surface area contributed by atoms with Gasteiger partial charge in [0.1, 0.15) is 41.6 Å². The summed E-state index contributed by atoms with van der Waals surface area (Å²) in [5.74, 6) is 4.34. The number of ketones is 2. The van der Waals surface area contributed by atoms with E-state index in [1.54, 1.807) is 55.0 Å². The molecule has 3 fully saturated rings. The van der Waals surface area contributed by atoms with Crippen LogP contribution in [0.5, 0.6) is 11.6 Å². The van der Waals surface area contributed by atoms with E-state index in [9.17, 15) is 32.3 Å². The lowest BCUT2D eigenvalue weighted by molar-refractivity contribution is -0.140. The maximum absolute atomic E-state index is 14.3. The van der Waals surface area contributed by atoms with Crippen molar-refractivity contribution in [3.63, 3.8) is 0 Å². The summed E-state index contributed by atoms with van der Waals surface area (Å²) in [6.07, 6.45) is 1.69. The maximum atomic E-state index is 14.3. The monoisotopic (exact) mass is 854 g/mol. The Morgan fingerprint density at radius 1 is 0.794 bits per heavy atom. The molecular weight excluding hydrogens is 818 g/mol. The Bertz CT molecular complexity index is 2930. The zero-order valence-electron chi connectivity index (χ0n) is 33.7. The van der Waals surface area contributed by atoms with E-state index in [1.807, 2.05) is 34.7 Å². The van der Waals surface area contributed by atoms with Gasteiger partial charge in [-0.25, -0.2) is 9.97 Å². The Hall–Kier alpha value is -7.12. The number of ether oxygens (including phenoxy) is 3. The van der Waals surface area contributed by atoms with Gasteiger partial charge in [-0.3, -0.25) is 29.1 Å². The van der Waals surface area contributed by atoms with E-state index in [0.717, 1.165) is 38.5 Å². The first-order valence-electron chi connectivity index (χ1n) is 20.5. The van der Waals surface area contributed by atoms with Gasteiger partial charge in [0.15, 0.2) is 5.78 Å². The van der Waals surface area contributed by atoms with E-state index < -0.39 is 47.4 Å². The maximum Gasteiger partial charge on any atom is 0.421 e. The minimum atomic E-state index is -4.68. The van der Waals surface area contributed by atoms with Gasteiger partial charge in [-0.05, 0) is 66.4 Å². The molecule has 4 aliphatic rings. The number of carbonyl (C=O) groups is 4. The number of benzene rings is 2. The standard InChI is InChI=1S/C47H37F3N6O7/c1-54-40-12-13-51-23-38(40)35-9-4-26(16-42(35)54)27-15-39(47(48,49)50)44(53-21-27)63-33-19-32(20-33)62-31-8-5-28(52-22-31)3-2-14-61-34-24-55(25-34)29-6-10-36-37(17-29)46(60)56(45(36)59)41-11-7-30(57)18-43(41)58/h4-6,8-10,12-13,15-17,21-23,32-34,41H,7,11,14,18-20,24-25H2,1H3.